The van der Waals surface area contributed by atoms with Gasteiger partial charge in [0.25, 0.3) is 5.91 Å². The minimum absolute atomic E-state index is 0.0366. The number of hydrogen-bond donors (Lipinski definition) is 1. The average Bonchev–Trinajstić information content (AvgIpc) is 3.14. The highest BCUT2D eigenvalue weighted by Gasteiger charge is 2.43. The summed E-state index contributed by atoms with van der Waals surface area (Å²) in [5.74, 6) is 1.23. The third kappa shape index (κ3) is 2.13. The zero-order valence-corrected chi connectivity index (χ0v) is 12.0. The molecule has 2 fully saturated rings. The van der Waals surface area contributed by atoms with Gasteiger partial charge in [-0.2, -0.15) is 0 Å². The number of fused-ring (bicyclic) bond motifs is 1. The van der Waals surface area contributed by atoms with Crippen molar-refractivity contribution in [3.8, 4) is 11.5 Å². The first kappa shape index (κ1) is 13.2. The molecule has 7 nitrogen and oxygen atoms in total. The smallest absolute Gasteiger partial charge is 0.407 e. The standard InChI is InChI=1S/C15H16N2O5/c18-13(10-1-2-11-12(7-10)21-9-20-11)17-5-3-15(4-6-17)8-16-14(19)22-15/h1-2,7H,3-6,8-9H2,(H,16,19). The predicted molar refractivity (Wildman–Crippen MR) is 74.9 cm³/mol. The Morgan fingerprint density at radius 1 is 1.18 bits per heavy atom. The van der Waals surface area contributed by atoms with Gasteiger partial charge in [0, 0.05) is 31.5 Å². The molecule has 4 rings (SSSR count). The Labute approximate surface area is 127 Å². The summed E-state index contributed by atoms with van der Waals surface area (Å²) in [6.45, 7) is 1.86. The van der Waals surface area contributed by atoms with Gasteiger partial charge in [0.2, 0.25) is 6.79 Å². The molecule has 0 radical (unpaired) electrons. The van der Waals surface area contributed by atoms with E-state index in [9.17, 15) is 9.59 Å². The molecule has 1 spiro atoms. The van der Waals surface area contributed by atoms with Crippen LogP contribution in [0.4, 0.5) is 4.79 Å². The molecule has 2 saturated heterocycles. The number of benzene rings is 1. The number of alkyl carbamates (subject to hydrolysis) is 1. The van der Waals surface area contributed by atoms with Crippen LogP contribution in [0.2, 0.25) is 0 Å². The molecule has 3 heterocycles. The number of nitrogens with one attached hydrogen (secondary N) is 1. The lowest BCUT2D eigenvalue weighted by atomic mass is 9.91. The second-order valence-corrected chi connectivity index (χ2v) is 5.79. The monoisotopic (exact) mass is 304 g/mol. The van der Waals surface area contributed by atoms with Gasteiger partial charge in [-0.25, -0.2) is 4.79 Å². The number of hydrogen-bond acceptors (Lipinski definition) is 5. The topological polar surface area (TPSA) is 77.1 Å². The van der Waals surface area contributed by atoms with Crippen molar-refractivity contribution in [2.24, 2.45) is 0 Å². The van der Waals surface area contributed by atoms with Crippen LogP contribution in [0.25, 0.3) is 0 Å². The highest BCUT2D eigenvalue weighted by atomic mass is 16.7. The van der Waals surface area contributed by atoms with Crippen LogP contribution in [-0.2, 0) is 4.74 Å². The zero-order chi connectivity index (χ0) is 15.2. The number of ether oxygens (including phenoxy) is 3. The molecule has 7 heteroatoms. The van der Waals surface area contributed by atoms with Crippen molar-refractivity contribution in [3.05, 3.63) is 23.8 Å². The quantitative estimate of drug-likeness (QED) is 0.841. The Hall–Kier alpha value is -2.44. The van der Waals surface area contributed by atoms with E-state index in [1.54, 1.807) is 23.1 Å². The largest absolute Gasteiger partial charge is 0.454 e. The normalized spacial score (nSPS) is 21.6. The molecule has 22 heavy (non-hydrogen) atoms. The number of amides is 2. The van der Waals surface area contributed by atoms with E-state index in [0.717, 1.165) is 0 Å². The van der Waals surface area contributed by atoms with Gasteiger partial charge in [-0.15, -0.1) is 0 Å². The van der Waals surface area contributed by atoms with Gasteiger partial charge in [0.1, 0.15) is 5.60 Å². The average molecular weight is 304 g/mol. The molecule has 1 aromatic rings. The van der Waals surface area contributed by atoms with Crippen molar-refractivity contribution in [1.29, 1.82) is 0 Å². The summed E-state index contributed by atoms with van der Waals surface area (Å²) in [5, 5.41) is 2.69. The van der Waals surface area contributed by atoms with E-state index in [1.165, 1.54) is 0 Å². The number of carbonyl (C=O) groups is 2. The molecule has 3 aliphatic rings. The second-order valence-electron chi connectivity index (χ2n) is 5.79. The summed E-state index contributed by atoms with van der Waals surface area (Å²) >= 11 is 0. The van der Waals surface area contributed by atoms with E-state index in [0.29, 0.717) is 49.5 Å². The second kappa shape index (κ2) is 4.79. The molecule has 2 amide bonds. The van der Waals surface area contributed by atoms with Crippen LogP contribution >= 0.6 is 0 Å². The van der Waals surface area contributed by atoms with Gasteiger partial charge in [0.15, 0.2) is 11.5 Å². The number of likely N-dealkylation sites (tertiary alicyclic amines) is 1. The minimum Gasteiger partial charge on any atom is -0.454 e. The Morgan fingerprint density at radius 3 is 2.68 bits per heavy atom. The summed E-state index contributed by atoms with van der Waals surface area (Å²) < 4.78 is 15.9. The third-order valence-electron chi connectivity index (χ3n) is 4.45. The summed E-state index contributed by atoms with van der Waals surface area (Å²) in [6, 6.07) is 5.22. The lowest BCUT2D eigenvalue weighted by Crippen LogP contribution is -2.48. The van der Waals surface area contributed by atoms with Crippen LogP contribution in [-0.4, -0.2) is 48.9 Å². The predicted octanol–water partition coefficient (Wildman–Crippen LogP) is 1.13. The fraction of sp³-hybridized carbons (Fsp3) is 0.467. The van der Waals surface area contributed by atoms with Crippen molar-refractivity contribution in [3.63, 3.8) is 0 Å². The fourth-order valence-corrected chi connectivity index (χ4v) is 3.11. The van der Waals surface area contributed by atoms with Gasteiger partial charge in [-0.1, -0.05) is 0 Å². The summed E-state index contributed by atoms with van der Waals surface area (Å²) in [4.78, 5) is 25.6. The molecule has 0 atom stereocenters. The number of rotatable bonds is 1. The van der Waals surface area contributed by atoms with E-state index >= 15 is 0 Å². The number of nitrogens with zero attached hydrogens (tertiary/aromatic N) is 1. The molecule has 0 saturated carbocycles. The van der Waals surface area contributed by atoms with E-state index < -0.39 is 5.60 Å². The Bertz CT molecular complexity index is 637. The molecular formula is C15H16N2O5. The first-order valence-corrected chi connectivity index (χ1v) is 7.31. The van der Waals surface area contributed by atoms with E-state index in [1.807, 2.05) is 0 Å². The van der Waals surface area contributed by atoms with Crippen LogP contribution in [0.3, 0.4) is 0 Å². The molecule has 0 unspecified atom stereocenters. The Kier molecular flexibility index (Phi) is 2.88. The highest BCUT2D eigenvalue weighted by molar-refractivity contribution is 5.95. The molecular weight excluding hydrogens is 288 g/mol. The van der Waals surface area contributed by atoms with Gasteiger partial charge in [-0.05, 0) is 18.2 Å². The number of piperidine rings is 1. The maximum Gasteiger partial charge on any atom is 0.407 e. The lowest BCUT2D eigenvalue weighted by Gasteiger charge is -2.37. The van der Waals surface area contributed by atoms with Crippen molar-refractivity contribution in [2.45, 2.75) is 18.4 Å². The SMILES string of the molecule is O=C1NCC2(CCN(C(=O)c3ccc4c(c3)OCO4)CC2)O1. The minimum atomic E-state index is -0.442. The van der Waals surface area contributed by atoms with Crippen molar-refractivity contribution < 1.29 is 23.8 Å². The molecule has 116 valence electrons. The molecule has 0 aromatic heterocycles. The van der Waals surface area contributed by atoms with E-state index in [4.69, 9.17) is 14.2 Å². The summed E-state index contributed by atoms with van der Waals surface area (Å²) in [5.41, 5.74) is 0.143. The Balaban J connectivity index is 1.45. The highest BCUT2D eigenvalue weighted by Crippen LogP contribution is 2.34. The van der Waals surface area contributed by atoms with E-state index in [2.05, 4.69) is 5.32 Å². The maximum atomic E-state index is 12.6. The molecule has 3 aliphatic heterocycles. The van der Waals surface area contributed by atoms with E-state index in [-0.39, 0.29) is 18.8 Å². The third-order valence-corrected chi connectivity index (χ3v) is 4.45. The first-order chi connectivity index (χ1) is 10.7. The molecule has 1 N–H and O–H groups in total. The molecule has 0 bridgehead atoms. The molecule has 1 aromatic carbocycles. The fourth-order valence-electron chi connectivity index (χ4n) is 3.11. The van der Waals surface area contributed by atoms with Crippen LogP contribution < -0.4 is 14.8 Å². The van der Waals surface area contributed by atoms with Crippen LogP contribution in [0.15, 0.2) is 18.2 Å². The number of carbonyl (C=O) groups excluding carboxylic acids is 2. The maximum absolute atomic E-state index is 12.6. The lowest BCUT2D eigenvalue weighted by molar-refractivity contribution is 0.00330. The Morgan fingerprint density at radius 2 is 1.95 bits per heavy atom. The van der Waals surface area contributed by atoms with Gasteiger partial charge in [0.05, 0.1) is 6.54 Å². The summed E-state index contributed by atoms with van der Waals surface area (Å²) in [7, 11) is 0. The van der Waals surface area contributed by atoms with Gasteiger partial charge >= 0.3 is 6.09 Å². The van der Waals surface area contributed by atoms with Crippen LogP contribution in [0.1, 0.15) is 23.2 Å². The molecule has 0 aliphatic carbocycles. The van der Waals surface area contributed by atoms with Gasteiger partial charge < -0.3 is 24.4 Å². The first-order valence-electron chi connectivity index (χ1n) is 7.31. The van der Waals surface area contributed by atoms with Crippen molar-refractivity contribution >= 4 is 12.0 Å². The van der Waals surface area contributed by atoms with Crippen molar-refractivity contribution in [1.82, 2.24) is 10.2 Å². The zero-order valence-electron chi connectivity index (χ0n) is 12.0. The van der Waals surface area contributed by atoms with Crippen LogP contribution in [0.5, 0.6) is 11.5 Å². The van der Waals surface area contributed by atoms with Crippen LogP contribution in [0, 0.1) is 0 Å². The van der Waals surface area contributed by atoms with Gasteiger partial charge in [-0.3, -0.25) is 4.79 Å². The van der Waals surface area contributed by atoms with Crippen molar-refractivity contribution in [2.75, 3.05) is 26.4 Å². The summed E-state index contributed by atoms with van der Waals surface area (Å²) in [6.07, 6.45) is 0.944.